The smallest absolute Gasteiger partial charge is 0.245 e. The Bertz CT molecular complexity index is 304. The van der Waals surface area contributed by atoms with Crippen molar-refractivity contribution in [3.63, 3.8) is 0 Å². The van der Waals surface area contributed by atoms with Gasteiger partial charge in [-0.05, 0) is 25.7 Å². The topological polar surface area (TPSA) is 92.9 Å². The summed E-state index contributed by atoms with van der Waals surface area (Å²) in [5.41, 5.74) is 5.27. The van der Waals surface area contributed by atoms with Crippen LogP contribution in [0, 0.1) is 5.92 Å². The molecule has 6 heteroatoms. The van der Waals surface area contributed by atoms with Crippen LogP contribution in [0.4, 0.5) is 0 Å². The van der Waals surface area contributed by atoms with E-state index in [1.165, 1.54) is 13.1 Å². The molecular weight excluding hydrogens is 236 g/mol. The first kappa shape index (κ1) is 16.6. The fourth-order valence-electron chi connectivity index (χ4n) is 1.42. The third kappa shape index (κ3) is 6.36. The Morgan fingerprint density at radius 1 is 1.50 bits per heavy atom. The van der Waals surface area contributed by atoms with Gasteiger partial charge in [-0.3, -0.25) is 14.5 Å². The highest BCUT2D eigenvalue weighted by Gasteiger charge is 2.14. The average molecular weight is 258 g/mol. The van der Waals surface area contributed by atoms with Crippen molar-refractivity contribution in [3.05, 3.63) is 11.8 Å². The van der Waals surface area contributed by atoms with Gasteiger partial charge in [-0.25, -0.2) is 0 Å². The van der Waals surface area contributed by atoms with Crippen molar-refractivity contribution in [1.82, 2.24) is 4.90 Å². The number of methoxy groups -OCH3 is 1. The summed E-state index contributed by atoms with van der Waals surface area (Å²) < 4.78 is 4.98. The van der Waals surface area contributed by atoms with Crippen LogP contribution in [0.2, 0.25) is 0 Å². The summed E-state index contributed by atoms with van der Waals surface area (Å²) in [4.78, 5) is 22.7. The molecule has 0 aliphatic rings. The predicted octanol–water partition coefficient (Wildman–Crippen LogP) is 0.215. The molecular formula is C12H22N2O4. The number of carbonyl (C=O) groups excluding carboxylic acids is 2. The van der Waals surface area contributed by atoms with Crippen LogP contribution in [0.15, 0.2) is 11.8 Å². The standard InChI is InChI=1S/C12H22N2O4/c1-9(7-18-3)4-5-11(16)14(8-15)6-10(2)12(13)17/h6,8-9,11,16H,4-5,7H2,1-3H3,(H2,13,17). The minimum atomic E-state index is -0.962. The molecule has 0 saturated heterocycles. The van der Waals surface area contributed by atoms with Gasteiger partial charge in [0.05, 0.1) is 0 Å². The highest BCUT2D eigenvalue weighted by molar-refractivity contribution is 5.91. The van der Waals surface area contributed by atoms with E-state index in [0.717, 1.165) is 4.90 Å². The van der Waals surface area contributed by atoms with Crippen LogP contribution < -0.4 is 5.73 Å². The lowest BCUT2D eigenvalue weighted by atomic mass is 10.1. The molecule has 18 heavy (non-hydrogen) atoms. The number of rotatable bonds is 9. The summed E-state index contributed by atoms with van der Waals surface area (Å²) in [6.07, 6.45) is 1.88. The fourth-order valence-corrected chi connectivity index (χ4v) is 1.42. The van der Waals surface area contributed by atoms with Crippen molar-refractivity contribution in [1.29, 1.82) is 0 Å². The maximum absolute atomic E-state index is 10.8. The number of primary amides is 1. The molecule has 104 valence electrons. The number of ether oxygens (including phenoxy) is 1. The van der Waals surface area contributed by atoms with E-state index in [2.05, 4.69) is 0 Å². The zero-order valence-corrected chi connectivity index (χ0v) is 11.1. The zero-order valence-electron chi connectivity index (χ0n) is 11.1. The van der Waals surface area contributed by atoms with Gasteiger partial charge in [-0.1, -0.05) is 6.92 Å². The Balaban J connectivity index is 4.36. The quantitative estimate of drug-likeness (QED) is 0.351. The number of nitrogens with zero attached hydrogens (tertiary/aromatic N) is 1. The molecule has 0 heterocycles. The molecule has 0 fully saturated rings. The second kappa shape index (κ2) is 8.66. The normalized spacial score (nSPS) is 15.0. The first-order valence-electron chi connectivity index (χ1n) is 5.80. The Labute approximate surface area is 107 Å². The molecule has 0 rings (SSSR count). The monoisotopic (exact) mass is 258 g/mol. The van der Waals surface area contributed by atoms with Crippen molar-refractivity contribution in [3.8, 4) is 0 Å². The SMILES string of the molecule is COCC(C)CCC(O)N(C=O)C=C(C)C(N)=O. The number of hydrogen-bond acceptors (Lipinski definition) is 4. The molecule has 2 unspecified atom stereocenters. The lowest BCUT2D eigenvalue weighted by Crippen LogP contribution is -2.31. The van der Waals surface area contributed by atoms with E-state index in [-0.39, 0.29) is 5.57 Å². The lowest BCUT2D eigenvalue weighted by Gasteiger charge is -2.22. The molecule has 6 nitrogen and oxygen atoms in total. The number of aliphatic hydroxyl groups excluding tert-OH is 1. The van der Waals surface area contributed by atoms with Crippen molar-refractivity contribution in [2.75, 3.05) is 13.7 Å². The van der Waals surface area contributed by atoms with E-state index in [1.54, 1.807) is 7.11 Å². The van der Waals surface area contributed by atoms with E-state index in [9.17, 15) is 14.7 Å². The van der Waals surface area contributed by atoms with Crippen LogP contribution >= 0.6 is 0 Å². The van der Waals surface area contributed by atoms with Crippen LogP contribution in [0.3, 0.4) is 0 Å². The molecule has 2 atom stereocenters. The van der Waals surface area contributed by atoms with Gasteiger partial charge in [0.2, 0.25) is 12.3 Å². The van der Waals surface area contributed by atoms with Gasteiger partial charge >= 0.3 is 0 Å². The largest absolute Gasteiger partial charge is 0.384 e. The highest BCUT2D eigenvalue weighted by atomic mass is 16.5. The molecule has 0 radical (unpaired) electrons. The molecule has 0 aliphatic carbocycles. The average Bonchev–Trinajstić information content (AvgIpc) is 2.32. The number of hydrogen-bond donors (Lipinski definition) is 2. The first-order valence-corrected chi connectivity index (χ1v) is 5.80. The molecule has 0 aliphatic heterocycles. The molecule has 0 aromatic heterocycles. The van der Waals surface area contributed by atoms with E-state index < -0.39 is 12.1 Å². The van der Waals surface area contributed by atoms with Gasteiger partial charge in [0.1, 0.15) is 6.23 Å². The van der Waals surface area contributed by atoms with Crippen molar-refractivity contribution < 1.29 is 19.4 Å². The Hall–Kier alpha value is -1.40. The van der Waals surface area contributed by atoms with E-state index in [0.29, 0.717) is 31.8 Å². The third-order valence-corrected chi connectivity index (χ3v) is 2.57. The predicted molar refractivity (Wildman–Crippen MR) is 67.1 cm³/mol. The summed E-state index contributed by atoms with van der Waals surface area (Å²) in [5, 5.41) is 9.81. The zero-order chi connectivity index (χ0) is 14.1. The molecule has 0 aromatic carbocycles. The van der Waals surface area contributed by atoms with Crippen LogP contribution in [0.5, 0.6) is 0 Å². The second-order valence-electron chi connectivity index (χ2n) is 4.35. The maximum Gasteiger partial charge on any atom is 0.245 e. The summed E-state index contributed by atoms with van der Waals surface area (Å²) in [7, 11) is 1.61. The van der Waals surface area contributed by atoms with E-state index in [1.807, 2.05) is 6.92 Å². The maximum atomic E-state index is 10.8. The molecule has 0 aromatic rings. The lowest BCUT2D eigenvalue weighted by molar-refractivity contribution is -0.123. The number of amides is 2. The molecule has 0 bridgehead atoms. The van der Waals surface area contributed by atoms with Crippen LogP contribution in [-0.2, 0) is 14.3 Å². The van der Waals surface area contributed by atoms with E-state index in [4.69, 9.17) is 10.5 Å². The van der Waals surface area contributed by atoms with Crippen LogP contribution in [-0.4, -0.2) is 42.3 Å². The Kier molecular flexibility index (Phi) is 7.98. The summed E-state index contributed by atoms with van der Waals surface area (Å²) in [5.74, 6) is -0.332. The van der Waals surface area contributed by atoms with Crippen molar-refractivity contribution in [2.45, 2.75) is 32.9 Å². The Morgan fingerprint density at radius 2 is 2.11 bits per heavy atom. The highest BCUT2D eigenvalue weighted by Crippen LogP contribution is 2.11. The van der Waals surface area contributed by atoms with Gasteiger partial charge in [0, 0.05) is 25.5 Å². The van der Waals surface area contributed by atoms with E-state index >= 15 is 0 Å². The molecule has 0 saturated carbocycles. The second-order valence-corrected chi connectivity index (χ2v) is 4.35. The first-order chi connectivity index (χ1) is 8.42. The van der Waals surface area contributed by atoms with Gasteiger partial charge in [0.15, 0.2) is 0 Å². The summed E-state index contributed by atoms with van der Waals surface area (Å²) in [6, 6.07) is 0. The fraction of sp³-hybridized carbons (Fsp3) is 0.667. The minimum absolute atomic E-state index is 0.214. The third-order valence-electron chi connectivity index (χ3n) is 2.57. The number of carbonyl (C=O) groups is 2. The van der Waals surface area contributed by atoms with Gasteiger partial charge in [0.25, 0.3) is 0 Å². The molecule has 2 amide bonds. The van der Waals surface area contributed by atoms with Gasteiger partial charge < -0.3 is 15.6 Å². The summed E-state index contributed by atoms with van der Waals surface area (Å²) in [6.45, 7) is 4.08. The molecule has 0 spiro atoms. The Morgan fingerprint density at radius 3 is 2.56 bits per heavy atom. The number of aliphatic hydroxyl groups is 1. The van der Waals surface area contributed by atoms with Crippen LogP contribution in [0.25, 0.3) is 0 Å². The van der Waals surface area contributed by atoms with Gasteiger partial charge in [-0.15, -0.1) is 0 Å². The number of nitrogens with two attached hydrogens (primary N) is 1. The minimum Gasteiger partial charge on any atom is -0.384 e. The molecule has 3 N–H and O–H groups in total. The van der Waals surface area contributed by atoms with Crippen molar-refractivity contribution in [2.24, 2.45) is 11.7 Å². The van der Waals surface area contributed by atoms with Crippen LogP contribution in [0.1, 0.15) is 26.7 Å². The summed E-state index contributed by atoms with van der Waals surface area (Å²) >= 11 is 0. The van der Waals surface area contributed by atoms with Crippen molar-refractivity contribution >= 4 is 12.3 Å². The van der Waals surface area contributed by atoms with Gasteiger partial charge in [-0.2, -0.15) is 0 Å².